The van der Waals surface area contributed by atoms with E-state index in [9.17, 15) is 19.7 Å². The Morgan fingerprint density at radius 3 is 2.59 bits per heavy atom. The number of carbonyl (C=O) groups excluding carboxylic acids is 2. The highest BCUT2D eigenvalue weighted by Gasteiger charge is 2.11. The van der Waals surface area contributed by atoms with E-state index in [1.807, 2.05) is 0 Å². The lowest BCUT2D eigenvalue weighted by Crippen LogP contribution is -2.11. The summed E-state index contributed by atoms with van der Waals surface area (Å²) in [6.07, 6.45) is 0.654. The van der Waals surface area contributed by atoms with Crippen LogP contribution in [0.1, 0.15) is 29.6 Å². The molecule has 0 saturated carbocycles. The summed E-state index contributed by atoms with van der Waals surface area (Å²) >= 11 is 0. The molecule has 0 unspecified atom stereocenters. The minimum Gasteiger partial charge on any atom is -0.370 e. The molecule has 1 aromatic rings. The zero-order valence-electron chi connectivity index (χ0n) is 9.09. The molecule has 0 aliphatic carbocycles. The van der Waals surface area contributed by atoms with Crippen LogP contribution >= 0.6 is 0 Å². The lowest BCUT2D eigenvalue weighted by atomic mass is 10.0. The third kappa shape index (κ3) is 4.02. The van der Waals surface area contributed by atoms with Crippen LogP contribution in [0.2, 0.25) is 0 Å². The number of carbonyl (C=O) groups is 2. The topological polar surface area (TPSA) is 103 Å². The first-order valence-corrected chi connectivity index (χ1v) is 5.06. The van der Waals surface area contributed by atoms with Crippen molar-refractivity contribution in [3.63, 3.8) is 0 Å². The third-order valence-corrected chi connectivity index (χ3v) is 2.21. The number of nitro groups is 1. The Labute approximate surface area is 97.6 Å². The van der Waals surface area contributed by atoms with E-state index >= 15 is 0 Å². The van der Waals surface area contributed by atoms with Crippen LogP contribution in [-0.2, 0) is 4.79 Å². The zero-order chi connectivity index (χ0) is 12.8. The highest BCUT2D eigenvalue weighted by molar-refractivity contribution is 5.96. The highest BCUT2D eigenvalue weighted by Crippen LogP contribution is 2.15. The largest absolute Gasteiger partial charge is 0.370 e. The number of amides is 1. The molecule has 0 heterocycles. The van der Waals surface area contributed by atoms with Gasteiger partial charge in [0.1, 0.15) is 0 Å². The number of nitrogens with zero attached hydrogens (tertiary/aromatic N) is 1. The summed E-state index contributed by atoms with van der Waals surface area (Å²) in [6, 6.07) is 5.52. The van der Waals surface area contributed by atoms with Gasteiger partial charge in [0, 0.05) is 30.5 Å². The van der Waals surface area contributed by atoms with Crippen LogP contribution in [0.5, 0.6) is 0 Å². The molecule has 6 nitrogen and oxygen atoms in total. The van der Waals surface area contributed by atoms with E-state index in [0.29, 0.717) is 6.42 Å². The van der Waals surface area contributed by atoms with E-state index in [1.54, 1.807) is 0 Å². The molecule has 1 rings (SSSR count). The summed E-state index contributed by atoms with van der Waals surface area (Å²) < 4.78 is 0. The van der Waals surface area contributed by atoms with E-state index in [1.165, 1.54) is 24.3 Å². The minimum atomic E-state index is -0.555. The van der Waals surface area contributed by atoms with Gasteiger partial charge >= 0.3 is 0 Å². The second-order valence-corrected chi connectivity index (χ2v) is 3.55. The molecule has 1 aromatic carbocycles. The van der Waals surface area contributed by atoms with Crippen molar-refractivity contribution in [1.82, 2.24) is 0 Å². The number of nitrogens with two attached hydrogens (primary N) is 1. The number of benzene rings is 1. The summed E-state index contributed by atoms with van der Waals surface area (Å²) in [5.74, 6) is -0.688. The fourth-order valence-electron chi connectivity index (χ4n) is 1.36. The molecule has 0 bridgehead atoms. The van der Waals surface area contributed by atoms with Crippen molar-refractivity contribution in [1.29, 1.82) is 0 Å². The molecule has 0 atom stereocenters. The van der Waals surface area contributed by atoms with Crippen molar-refractivity contribution in [2.75, 3.05) is 0 Å². The monoisotopic (exact) mass is 236 g/mol. The summed E-state index contributed by atoms with van der Waals surface area (Å²) in [5.41, 5.74) is 5.10. The smallest absolute Gasteiger partial charge is 0.270 e. The number of nitro benzene ring substituents is 1. The standard InChI is InChI=1S/C11H12N2O4/c12-11(15)6-2-5-10(14)8-3-1-4-9(7-8)13(16)17/h1,3-4,7H,2,5-6H2,(H2,12,15). The SMILES string of the molecule is NC(=O)CCCC(=O)c1cccc([N+](=O)[O-])c1. The second-order valence-electron chi connectivity index (χ2n) is 3.55. The predicted molar refractivity (Wildman–Crippen MR) is 60.5 cm³/mol. The van der Waals surface area contributed by atoms with E-state index in [2.05, 4.69) is 0 Å². The predicted octanol–water partition coefficient (Wildman–Crippen LogP) is 1.43. The number of hydrogen-bond acceptors (Lipinski definition) is 4. The van der Waals surface area contributed by atoms with Gasteiger partial charge in [-0.3, -0.25) is 19.7 Å². The van der Waals surface area contributed by atoms with Crippen LogP contribution in [0, 0.1) is 10.1 Å². The van der Waals surface area contributed by atoms with Gasteiger partial charge in [-0.25, -0.2) is 0 Å². The average molecular weight is 236 g/mol. The van der Waals surface area contributed by atoms with E-state index < -0.39 is 10.8 Å². The lowest BCUT2D eigenvalue weighted by Gasteiger charge is -2.00. The molecule has 1 amide bonds. The molecule has 0 saturated heterocycles. The van der Waals surface area contributed by atoms with Gasteiger partial charge in [-0.15, -0.1) is 0 Å². The van der Waals surface area contributed by atoms with Crippen molar-refractivity contribution in [3.05, 3.63) is 39.9 Å². The molecule has 0 aromatic heterocycles. The molecule has 0 aliphatic rings. The summed E-state index contributed by atoms with van der Waals surface area (Å²) in [6.45, 7) is 0. The summed E-state index contributed by atoms with van der Waals surface area (Å²) in [4.78, 5) is 32.1. The number of ketones is 1. The average Bonchev–Trinajstić information content (AvgIpc) is 2.28. The van der Waals surface area contributed by atoms with Gasteiger partial charge in [-0.05, 0) is 6.42 Å². The van der Waals surface area contributed by atoms with Gasteiger partial charge in [0.25, 0.3) is 5.69 Å². The van der Waals surface area contributed by atoms with Crippen LogP contribution in [0.4, 0.5) is 5.69 Å². The van der Waals surface area contributed by atoms with E-state index in [-0.39, 0.29) is 29.9 Å². The van der Waals surface area contributed by atoms with Crippen LogP contribution in [-0.4, -0.2) is 16.6 Å². The normalized spacial score (nSPS) is 9.88. The molecular formula is C11H12N2O4. The molecule has 2 N–H and O–H groups in total. The minimum absolute atomic E-state index is 0.120. The number of rotatable bonds is 6. The number of hydrogen-bond donors (Lipinski definition) is 1. The van der Waals surface area contributed by atoms with Crippen LogP contribution in [0.3, 0.4) is 0 Å². The fourth-order valence-corrected chi connectivity index (χ4v) is 1.36. The third-order valence-electron chi connectivity index (χ3n) is 2.21. The molecule has 0 spiro atoms. The van der Waals surface area contributed by atoms with Crippen LogP contribution in [0.25, 0.3) is 0 Å². The molecule has 6 heteroatoms. The molecule has 0 aliphatic heterocycles. The van der Waals surface area contributed by atoms with Gasteiger partial charge in [-0.1, -0.05) is 12.1 Å². The zero-order valence-corrected chi connectivity index (χ0v) is 9.09. The Kier molecular flexibility index (Phi) is 4.33. The summed E-state index contributed by atoms with van der Waals surface area (Å²) in [7, 11) is 0. The van der Waals surface area contributed by atoms with E-state index in [0.717, 1.165) is 0 Å². The number of Topliss-reactive ketones (excluding diaryl/α,β-unsaturated/α-hetero) is 1. The first-order valence-electron chi connectivity index (χ1n) is 5.06. The first-order chi connectivity index (χ1) is 8.00. The Morgan fingerprint density at radius 2 is 2.00 bits per heavy atom. The second kappa shape index (κ2) is 5.74. The maximum Gasteiger partial charge on any atom is 0.270 e. The molecule has 0 fully saturated rings. The van der Waals surface area contributed by atoms with Crippen LogP contribution in [0.15, 0.2) is 24.3 Å². The Morgan fingerprint density at radius 1 is 1.29 bits per heavy atom. The maximum atomic E-state index is 11.6. The number of primary amides is 1. The van der Waals surface area contributed by atoms with Gasteiger partial charge in [-0.2, -0.15) is 0 Å². The van der Waals surface area contributed by atoms with Crippen molar-refractivity contribution in [2.45, 2.75) is 19.3 Å². The maximum absolute atomic E-state index is 11.6. The van der Waals surface area contributed by atoms with Crippen LogP contribution < -0.4 is 5.73 Å². The Hall–Kier alpha value is -2.24. The van der Waals surface area contributed by atoms with Crippen molar-refractivity contribution < 1.29 is 14.5 Å². The highest BCUT2D eigenvalue weighted by atomic mass is 16.6. The Balaban J connectivity index is 2.65. The lowest BCUT2D eigenvalue weighted by molar-refractivity contribution is -0.384. The summed E-state index contributed by atoms with van der Waals surface area (Å²) in [5, 5.41) is 10.5. The van der Waals surface area contributed by atoms with Crippen molar-refractivity contribution >= 4 is 17.4 Å². The van der Waals surface area contributed by atoms with Gasteiger partial charge in [0.2, 0.25) is 5.91 Å². The Bertz CT molecular complexity index is 457. The van der Waals surface area contributed by atoms with E-state index in [4.69, 9.17) is 5.73 Å². The van der Waals surface area contributed by atoms with Crippen molar-refractivity contribution in [3.8, 4) is 0 Å². The quantitative estimate of drug-likeness (QED) is 0.458. The van der Waals surface area contributed by atoms with Gasteiger partial charge < -0.3 is 5.73 Å². The van der Waals surface area contributed by atoms with Gasteiger partial charge in [0.05, 0.1) is 4.92 Å². The first kappa shape index (κ1) is 12.8. The molecular weight excluding hydrogens is 224 g/mol. The van der Waals surface area contributed by atoms with Crippen molar-refractivity contribution in [2.24, 2.45) is 5.73 Å². The molecule has 0 radical (unpaired) electrons. The van der Waals surface area contributed by atoms with Gasteiger partial charge in [0.15, 0.2) is 5.78 Å². The fraction of sp³-hybridized carbons (Fsp3) is 0.273. The number of non-ortho nitro benzene ring substituents is 1. The molecule has 90 valence electrons. The molecule has 17 heavy (non-hydrogen) atoms.